The minimum absolute atomic E-state index is 0.123. The van der Waals surface area contributed by atoms with Gasteiger partial charge in [-0.15, -0.1) is 0 Å². The molecule has 5 rings (SSSR count). The van der Waals surface area contributed by atoms with Crippen molar-refractivity contribution < 1.29 is 9.21 Å². The molecule has 9 heteroatoms. The van der Waals surface area contributed by atoms with E-state index in [1.54, 1.807) is 22.9 Å². The molecule has 0 aliphatic carbocycles. The van der Waals surface area contributed by atoms with Gasteiger partial charge in [0.15, 0.2) is 5.65 Å². The Bertz CT molecular complexity index is 1690. The summed E-state index contributed by atoms with van der Waals surface area (Å²) < 4.78 is 8.40. The van der Waals surface area contributed by atoms with Crippen LogP contribution >= 0.6 is 0 Å². The van der Waals surface area contributed by atoms with Crippen molar-refractivity contribution in [1.82, 2.24) is 19.3 Å². The van der Waals surface area contributed by atoms with Gasteiger partial charge in [-0.1, -0.05) is 6.07 Å². The first-order chi connectivity index (χ1) is 16.3. The molecule has 0 saturated carbocycles. The molecule has 0 unspecified atom stereocenters. The van der Waals surface area contributed by atoms with Crippen molar-refractivity contribution in [2.75, 3.05) is 5.32 Å². The van der Waals surface area contributed by atoms with E-state index in [1.807, 2.05) is 26.0 Å². The summed E-state index contributed by atoms with van der Waals surface area (Å²) in [6.07, 6.45) is 2.97. The Kier molecular flexibility index (Phi) is 5.09. The number of hydrogen-bond acceptors (Lipinski definition) is 6. The van der Waals surface area contributed by atoms with Gasteiger partial charge in [0.25, 0.3) is 5.56 Å². The number of aryl methyl sites for hydroxylation is 2. The van der Waals surface area contributed by atoms with Crippen molar-refractivity contribution in [1.29, 1.82) is 0 Å². The van der Waals surface area contributed by atoms with Crippen LogP contribution in [0.1, 0.15) is 23.6 Å². The van der Waals surface area contributed by atoms with Gasteiger partial charge in [-0.2, -0.15) is 5.10 Å². The standard InChI is InChI=1S/C25H21N5O4/c1-14-6-15(2)8-19(7-14)30-24-21(11-27-30)25(33)29(13-26-24)12-17-9-23(32)34-22-10-18(28-16(3)31)4-5-20(17)22/h4-11,13H,12H2,1-3H3,(H,28,31). The maximum Gasteiger partial charge on any atom is 0.336 e. The monoisotopic (exact) mass is 455 g/mol. The van der Waals surface area contributed by atoms with E-state index in [0.717, 1.165) is 16.8 Å². The molecule has 34 heavy (non-hydrogen) atoms. The van der Waals surface area contributed by atoms with E-state index >= 15 is 0 Å². The summed E-state index contributed by atoms with van der Waals surface area (Å²) in [5.41, 5.74) is 4.08. The molecule has 1 N–H and O–H groups in total. The van der Waals surface area contributed by atoms with Crippen LogP contribution < -0.4 is 16.5 Å². The van der Waals surface area contributed by atoms with Gasteiger partial charge in [0.05, 0.1) is 18.4 Å². The van der Waals surface area contributed by atoms with Crippen LogP contribution in [0.4, 0.5) is 5.69 Å². The second-order valence-electron chi connectivity index (χ2n) is 8.30. The summed E-state index contributed by atoms with van der Waals surface area (Å²) in [5.74, 6) is -0.231. The lowest BCUT2D eigenvalue weighted by Gasteiger charge is -2.10. The molecule has 0 saturated heterocycles. The van der Waals surface area contributed by atoms with E-state index in [1.165, 1.54) is 30.1 Å². The van der Waals surface area contributed by atoms with E-state index < -0.39 is 5.63 Å². The number of aromatic nitrogens is 4. The molecule has 2 aromatic carbocycles. The molecule has 1 amide bonds. The van der Waals surface area contributed by atoms with Gasteiger partial charge in [-0.25, -0.2) is 14.5 Å². The average molecular weight is 455 g/mol. The van der Waals surface area contributed by atoms with Crippen LogP contribution in [0.5, 0.6) is 0 Å². The Balaban J connectivity index is 1.57. The highest BCUT2D eigenvalue weighted by atomic mass is 16.4. The highest BCUT2D eigenvalue weighted by Gasteiger charge is 2.14. The molecule has 0 radical (unpaired) electrons. The number of benzene rings is 2. The third kappa shape index (κ3) is 3.88. The fraction of sp³-hybridized carbons (Fsp3) is 0.160. The van der Waals surface area contributed by atoms with Gasteiger partial charge >= 0.3 is 5.63 Å². The lowest BCUT2D eigenvalue weighted by molar-refractivity contribution is -0.114. The van der Waals surface area contributed by atoms with Gasteiger partial charge in [0.1, 0.15) is 17.3 Å². The number of nitrogens with one attached hydrogen (secondary N) is 1. The van der Waals surface area contributed by atoms with Crippen LogP contribution in [-0.4, -0.2) is 25.2 Å². The SMILES string of the molecule is CC(=O)Nc1ccc2c(Cn3cnc4c(cnn4-c4cc(C)cc(C)c4)c3=O)cc(=O)oc2c1. The molecule has 0 spiro atoms. The first-order valence-corrected chi connectivity index (χ1v) is 10.6. The van der Waals surface area contributed by atoms with Crippen LogP contribution in [0.15, 0.2) is 69.0 Å². The Hall–Kier alpha value is -4.53. The van der Waals surface area contributed by atoms with Crippen LogP contribution in [0.3, 0.4) is 0 Å². The zero-order valence-electron chi connectivity index (χ0n) is 18.8. The van der Waals surface area contributed by atoms with Crippen molar-refractivity contribution in [3.63, 3.8) is 0 Å². The summed E-state index contributed by atoms with van der Waals surface area (Å²) in [6, 6.07) is 12.4. The average Bonchev–Trinajstić information content (AvgIpc) is 3.19. The summed E-state index contributed by atoms with van der Waals surface area (Å²) in [7, 11) is 0. The van der Waals surface area contributed by atoms with Crippen LogP contribution in [-0.2, 0) is 11.3 Å². The number of fused-ring (bicyclic) bond motifs is 2. The molecule has 3 heterocycles. The Morgan fingerprint density at radius 2 is 1.79 bits per heavy atom. The summed E-state index contributed by atoms with van der Waals surface area (Å²) in [5, 5.41) is 8.09. The maximum absolute atomic E-state index is 13.2. The van der Waals surface area contributed by atoms with Gasteiger partial charge in [0.2, 0.25) is 5.91 Å². The van der Waals surface area contributed by atoms with Crippen molar-refractivity contribution in [3.8, 4) is 5.69 Å². The van der Waals surface area contributed by atoms with Crippen LogP contribution in [0.25, 0.3) is 27.7 Å². The topological polar surface area (TPSA) is 112 Å². The second kappa shape index (κ2) is 8.11. The predicted molar refractivity (Wildman–Crippen MR) is 128 cm³/mol. The molecule has 3 aromatic heterocycles. The first kappa shape index (κ1) is 21.3. The molecule has 0 bridgehead atoms. The lowest BCUT2D eigenvalue weighted by Crippen LogP contribution is -2.21. The Morgan fingerprint density at radius 3 is 2.53 bits per heavy atom. The number of carbonyl (C=O) groups is 1. The smallest absolute Gasteiger partial charge is 0.336 e. The number of amides is 1. The molecule has 9 nitrogen and oxygen atoms in total. The van der Waals surface area contributed by atoms with Gasteiger partial charge in [0, 0.05) is 30.1 Å². The highest BCUT2D eigenvalue weighted by molar-refractivity contribution is 5.92. The largest absolute Gasteiger partial charge is 0.423 e. The van der Waals surface area contributed by atoms with Gasteiger partial charge in [-0.3, -0.25) is 14.2 Å². The number of carbonyl (C=O) groups excluding carboxylic acids is 1. The molecule has 170 valence electrons. The van der Waals surface area contributed by atoms with Crippen LogP contribution in [0, 0.1) is 13.8 Å². The van der Waals surface area contributed by atoms with Gasteiger partial charge < -0.3 is 9.73 Å². The number of nitrogens with zero attached hydrogens (tertiary/aromatic N) is 4. The third-order valence-electron chi connectivity index (χ3n) is 5.50. The minimum Gasteiger partial charge on any atom is -0.423 e. The fourth-order valence-corrected chi connectivity index (χ4v) is 4.15. The normalized spacial score (nSPS) is 11.3. The van der Waals surface area contributed by atoms with E-state index in [2.05, 4.69) is 21.5 Å². The molecule has 0 aliphatic rings. The van der Waals surface area contributed by atoms with E-state index in [-0.39, 0.29) is 18.0 Å². The second-order valence-corrected chi connectivity index (χ2v) is 8.30. The lowest BCUT2D eigenvalue weighted by atomic mass is 10.1. The van der Waals surface area contributed by atoms with Crippen molar-refractivity contribution >= 4 is 33.6 Å². The summed E-state index contributed by atoms with van der Waals surface area (Å²) in [6.45, 7) is 5.53. The number of rotatable bonds is 4. The van der Waals surface area contributed by atoms with Crippen molar-refractivity contribution in [2.24, 2.45) is 0 Å². The molecule has 0 fully saturated rings. The zero-order chi connectivity index (χ0) is 24.0. The zero-order valence-corrected chi connectivity index (χ0v) is 18.8. The highest BCUT2D eigenvalue weighted by Crippen LogP contribution is 2.22. The third-order valence-corrected chi connectivity index (χ3v) is 5.50. The number of anilines is 1. The van der Waals surface area contributed by atoms with Gasteiger partial charge in [-0.05, 0) is 54.8 Å². The molecule has 0 aliphatic heterocycles. The minimum atomic E-state index is -0.549. The molecular weight excluding hydrogens is 434 g/mol. The summed E-state index contributed by atoms with van der Waals surface area (Å²) >= 11 is 0. The molecule has 0 atom stereocenters. The quantitative estimate of drug-likeness (QED) is 0.416. The van der Waals surface area contributed by atoms with E-state index in [9.17, 15) is 14.4 Å². The molecular formula is C25H21N5O4. The van der Waals surface area contributed by atoms with Crippen molar-refractivity contribution in [2.45, 2.75) is 27.3 Å². The molecule has 5 aromatic rings. The van der Waals surface area contributed by atoms with E-state index in [0.29, 0.717) is 33.3 Å². The van der Waals surface area contributed by atoms with Crippen molar-refractivity contribution in [3.05, 3.63) is 92.5 Å². The Morgan fingerprint density at radius 1 is 1.03 bits per heavy atom. The summed E-state index contributed by atoms with van der Waals surface area (Å²) in [4.78, 5) is 41.2. The van der Waals surface area contributed by atoms with Crippen LogP contribution in [0.2, 0.25) is 0 Å². The number of hydrogen-bond donors (Lipinski definition) is 1. The Labute approximate surface area is 193 Å². The first-order valence-electron chi connectivity index (χ1n) is 10.6. The fourth-order valence-electron chi connectivity index (χ4n) is 4.15. The maximum atomic E-state index is 13.2. The predicted octanol–water partition coefficient (Wildman–Crippen LogP) is 3.31. The van der Waals surface area contributed by atoms with E-state index in [4.69, 9.17) is 4.42 Å².